The molecule has 0 saturated carbocycles. The first-order valence-corrected chi connectivity index (χ1v) is 7.44. The van der Waals surface area contributed by atoms with E-state index in [-0.39, 0.29) is 0 Å². The Hall–Kier alpha value is -1.98. The van der Waals surface area contributed by atoms with Crippen LogP contribution in [0, 0.1) is 0 Å². The van der Waals surface area contributed by atoms with Crippen LogP contribution in [0.15, 0.2) is 59.8 Å². The maximum absolute atomic E-state index is 10.9. The second-order valence-electron chi connectivity index (χ2n) is 4.57. The van der Waals surface area contributed by atoms with Crippen molar-refractivity contribution in [2.75, 3.05) is 0 Å². The molecule has 0 saturated heterocycles. The van der Waals surface area contributed by atoms with Crippen molar-refractivity contribution in [3.05, 3.63) is 60.4 Å². The highest BCUT2D eigenvalue weighted by Gasteiger charge is 2.03. The zero-order chi connectivity index (χ0) is 13.9. The Balaban J connectivity index is 1.74. The number of fused-ring (bicyclic) bond motifs is 1. The standard InChI is InChI=1S/C15H14N2O2S/c18-20(19)13-7-5-12(6-8-13)9-10-17-11-16-14-3-1-2-4-15(14)17/h1-8,11H,9-10H2,(H,18,19). The van der Waals surface area contributed by atoms with Crippen LogP contribution < -0.4 is 0 Å². The molecule has 0 fully saturated rings. The van der Waals surface area contributed by atoms with E-state index < -0.39 is 11.1 Å². The summed E-state index contributed by atoms with van der Waals surface area (Å²) in [6.07, 6.45) is 2.71. The van der Waals surface area contributed by atoms with Crippen molar-refractivity contribution < 1.29 is 8.76 Å². The predicted molar refractivity (Wildman–Crippen MR) is 78.9 cm³/mol. The average Bonchev–Trinajstić information content (AvgIpc) is 2.89. The van der Waals surface area contributed by atoms with Gasteiger partial charge in [-0.05, 0) is 36.2 Å². The van der Waals surface area contributed by atoms with Crippen LogP contribution in [0.3, 0.4) is 0 Å². The second-order valence-corrected chi connectivity index (χ2v) is 5.54. The Morgan fingerprint density at radius 3 is 2.60 bits per heavy atom. The number of benzene rings is 2. The van der Waals surface area contributed by atoms with Crippen LogP contribution >= 0.6 is 0 Å². The number of hydrogen-bond donors (Lipinski definition) is 1. The van der Waals surface area contributed by atoms with Gasteiger partial charge < -0.3 is 9.12 Å². The molecule has 1 atom stereocenters. The molecule has 1 N–H and O–H groups in total. The summed E-state index contributed by atoms with van der Waals surface area (Å²) in [4.78, 5) is 4.79. The molecule has 0 spiro atoms. The molecule has 20 heavy (non-hydrogen) atoms. The molecule has 0 radical (unpaired) electrons. The van der Waals surface area contributed by atoms with Crippen LogP contribution in [0.2, 0.25) is 0 Å². The first-order valence-electron chi connectivity index (χ1n) is 6.34. The summed E-state index contributed by atoms with van der Waals surface area (Å²) in [5.74, 6) is 0. The summed E-state index contributed by atoms with van der Waals surface area (Å²) in [7, 11) is 0. The zero-order valence-electron chi connectivity index (χ0n) is 10.8. The minimum absolute atomic E-state index is 0.432. The third kappa shape index (κ3) is 2.64. The van der Waals surface area contributed by atoms with E-state index in [0.29, 0.717) is 4.90 Å². The Kier molecular flexibility index (Phi) is 3.62. The molecule has 0 aliphatic heterocycles. The first-order chi connectivity index (χ1) is 9.74. The number of imidazole rings is 1. The number of para-hydroxylation sites is 2. The van der Waals surface area contributed by atoms with Gasteiger partial charge in [0.15, 0.2) is 11.1 Å². The van der Waals surface area contributed by atoms with Crippen molar-refractivity contribution in [3.8, 4) is 0 Å². The largest absolute Gasteiger partial charge is 0.330 e. The SMILES string of the molecule is O=S(O)c1ccc(CCn2cnc3ccccc32)cc1. The monoisotopic (exact) mass is 286 g/mol. The summed E-state index contributed by atoms with van der Waals surface area (Å²) < 4.78 is 22.0. The third-order valence-corrected chi connectivity index (χ3v) is 3.97. The predicted octanol–water partition coefficient (Wildman–Crippen LogP) is 2.86. The molecule has 0 bridgehead atoms. The Bertz CT molecular complexity index is 750. The lowest BCUT2D eigenvalue weighted by Gasteiger charge is -2.05. The number of rotatable bonds is 4. The molecular weight excluding hydrogens is 272 g/mol. The van der Waals surface area contributed by atoms with E-state index in [1.165, 1.54) is 0 Å². The average molecular weight is 286 g/mol. The molecule has 102 valence electrons. The maximum Gasteiger partial charge on any atom is 0.186 e. The molecule has 0 aliphatic rings. The third-order valence-electron chi connectivity index (χ3n) is 3.29. The molecule has 3 aromatic rings. The summed E-state index contributed by atoms with van der Waals surface area (Å²) in [5, 5.41) is 0. The fourth-order valence-electron chi connectivity index (χ4n) is 2.21. The highest BCUT2D eigenvalue weighted by atomic mass is 32.2. The van der Waals surface area contributed by atoms with E-state index in [9.17, 15) is 4.21 Å². The van der Waals surface area contributed by atoms with Crippen LogP contribution in [0.25, 0.3) is 11.0 Å². The highest BCUT2D eigenvalue weighted by Crippen LogP contribution is 2.13. The molecule has 0 aliphatic carbocycles. The van der Waals surface area contributed by atoms with Crippen molar-refractivity contribution in [1.82, 2.24) is 9.55 Å². The van der Waals surface area contributed by atoms with Crippen molar-refractivity contribution in [2.45, 2.75) is 17.9 Å². The van der Waals surface area contributed by atoms with Gasteiger partial charge in [0.25, 0.3) is 0 Å². The normalized spacial score (nSPS) is 12.7. The van der Waals surface area contributed by atoms with Crippen molar-refractivity contribution in [2.24, 2.45) is 0 Å². The molecule has 0 amide bonds. The van der Waals surface area contributed by atoms with E-state index >= 15 is 0 Å². The molecule has 5 heteroatoms. The summed E-state index contributed by atoms with van der Waals surface area (Å²) in [6.45, 7) is 0.835. The fraction of sp³-hybridized carbons (Fsp3) is 0.133. The summed E-state index contributed by atoms with van der Waals surface area (Å²) >= 11 is -1.90. The van der Waals surface area contributed by atoms with Gasteiger partial charge in [0, 0.05) is 6.54 Å². The van der Waals surface area contributed by atoms with Gasteiger partial charge in [-0.25, -0.2) is 9.19 Å². The van der Waals surface area contributed by atoms with Crippen LogP contribution in [0.4, 0.5) is 0 Å². The fourth-order valence-corrected chi connectivity index (χ4v) is 2.58. The molecule has 3 rings (SSSR count). The number of aromatic nitrogens is 2. The quantitative estimate of drug-likeness (QED) is 0.750. The Labute approximate surface area is 119 Å². The highest BCUT2D eigenvalue weighted by molar-refractivity contribution is 7.79. The minimum atomic E-state index is -1.90. The van der Waals surface area contributed by atoms with Crippen molar-refractivity contribution in [3.63, 3.8) is 0 Å². The van der Waals surface area contributed by atoms with Crippen LogP contribution in [-0.4, -0.2) is 18.3 Å². The number of aryl methyl sites for hydroxylation is 2. The Morgan fingerprint density at radius 1 is 1.10 bits per heavy atom. The van der Waals surface area contributed by atoms with Gasteiger partial charge in [0.1, 0.15) is 0 Å². The van der Waals surface area contributed by atoms with Gasteiger partial charge in [-0.3, -0.25) is 0 Å². The van der Waals surface area contributed by atoms with Crippen LogP contribution in [0.1, 0.15) is 5.56 Å². The van der Waals surface area contributed by atoms with E-state index in [2.05, 4.69) is 15.6 Å². The van der Waals surface area contributed by atoms with Gasteiger partial charge in [0.05, 0.1) is 22.3 Å². The van der Waals surface area contributed by atoms with E-state index in [1.54, 1.807) is 12.1 Å². The minimum Gasteiger partial charge on any atom is -0.330 e. The molecule has 1 unspecified atom stereocenters. The van der Waals surface area contributed by atoms with Gasteiger partial charge in [-0.2, -0.15) is 0 Å². The van der Waals surface area contributed by atoms with E-state index in [1.807, 2.05) is 36.7 Å². The Morgan fingerprint density at radius 2 is 1.85 bits per heavy atom. The van der Waals surface area contributed by atoms with Gasteiger partial charge in [0.2, 0.25) is 0 Å². The smallest absolute Gasteiger partial charge is 0.186 e. The molecule has 1 heterocycles. The zero-order valence-corrected chi connectivity index (χ0v) is 11.6. The first kappa shape index (κ1) is 13.0. The lowest BCUT2D eigenvalue weighted by Crippen LogP contribution is -2.00. The van der Waals surface area contributed by atoms with E-state index in [0.717, 1.165) is 29.6 Å². The maximum atomic E-state index is 10.9. The van der Waals surface area contributed by atoms with Crippen LogP contribution in [0.5, 0.6) is 0 Å². The lowest BCUT2D eigenvalue weighted by molar-refractivity contribution is 0.564. The van der Waals surface area contributed by atoms with Gasteiger partial charge in [-0.15, -0.1) is 0 Å². The molecule has 4 nitrogen and oxygen atoms in total. The van der Waals surface area contributed by atoms with Crippen molar-refractivity contribution >= 4 is 22.1 Å². The van der Waals surface area contributed by atoms with E-state index in [4.69, 9.17) is 4.55 Å². The topological polar surface area (TPSA) is 55.1 Å². The second kappa shape index (κ2) is 5.56. The molecule has 2 aromatic carbocycles. The molecular formula is C15H14N2O2S. The van der Waals surface area contributed by atoms with Gasteiger partial charge in [-0.1, -0.05) is 24.3 Å². The van der Waals surface area contributed by atoms with Crippen LogP contribution in [-0.2, 0) is 24.0 Å². The number of nitrogens with zero attached hydrogens (tertiary/aromatic N) is 2. The van der Waals surface area contributed by atoms with Gasteiger partial charge >= 0.3 is 0 Å². The summed E-state index contributed by atoms with van der Waals surface area (Å²) in [6, 6.07) is 15.2. The molecule has 1 aromatic heterocycles. The number of hydrogen-bond acceptors (Lipinski definition) is 2. The van der Waals surface area contributed by atoms with Crippen molar-refractivity contribution in [1.29, 1.82) is 0 Å². The summed E-state index contributed by atoms with van der Waals surface area (Å²) in [5.41, 5.74) is 3.26. The lowest BCUT2D eigenvalue weighted by atomic mass is 10.1.